The highest BCUT2D eigenvalue weighted by Gasteiger charge is 2.31. The van der Waals surface area contributed by atoms with Crippen LogP contribution in [0.2, 0.25) is 0 Å². The van der Waals surface area contributed by atoms with Crippen molar-refractivity contribution in [2.45, 2.75) is 23.5 Å². The van der Waals surface area contributed by atoms with Crippen LogP contribution in [0.5, 0.6) is 0 Å². The van der Waals surface area contributed by atoms with Crippen LogP contribution in [0.4, 0.5) is 8.78 Å². The third kappa shape index (κ3) is 3.65. The zero-order chi connectivity index (χ0) is 18.8. The molecule has 27 heavy (non-hydrogen) atoms. The largest absolute Gasteiger partial charge is 0.377 e. The lowest BCUT2D eigenvalue weighted by molar-refractivity contribution is -0.141. The predicted octanol–water partition coefficient (Wildman–Crippen LogP) is 2.07. The van der Waals surface area contributed by atoms with Gasteiger partial charge < -0.3 is 14.2 Å². The molecule has 1 amide bonds. The fraction of sp³-hybridized carbons (Fsp3) is 0.375. The monoisotopic (exact) mass is 394 g/mol. The topological polar surface area (TPSA) is 88.9 Å². The minimum Gasteiger partial charge on any atom is -0.377 e. The number of ether oxygens (including phenoxy) is 1. The second-order valence-electron chi connectivity index (χ2n) is 5.90. The lowest BCUT2D eigenvalue weighted by Crippen LogP contribution is -2.45. The Kier molecular flexibility index (Phi) is 5.03. The maximum atomic E-state index is 13.0. The molecule has 1 aromatic carbocycles. The Hall–Kier alpha value is -2.53. The van der Waals surface area contributed by atoms with Crippen molar-refractivity contribution in [3.05, 3.63) is 36.4 Å². The van der Waals surface area contributed by atoms with Crippen molar-refractivity contribution in [1.82, 2.24) is 29.6 Å². The van der Waals surface area contributed by atoms with E-state index in [1.807, 2.05) is 0 Å². The van der Waals surface area contributed by atoms with E-state index >= 15 is 0 Å². The van der Waals surface area contributed by atoms with Crippen molar-refractivity contribution in [2.24, 2.45) is 0 Å². The van der Waals surface area contributed by atoms with Crippen molar-refractivity contribution >= 4 is 28.7 Å². The number of hydrogen-bond donors (Lipinski definition) is 1. The molecule has 0 radical (unpaired) electrons. The Morgan fingerprint density at radius 1 is 1.41 bits per heavy atom. The van der Waals surface area contributed by atoms with Crippen molar-refractivity contribution in [3.63, 3.8) is 0 Å². The molecule has 1 fully saturated rings. The van der Waals surface area contributed by atoms with Crippen molar-refractivity contribution in [1.29, 1.82) is 0 Å². The van der Waals surface area contributed by atoms with Crippen LogP contribution in [-0.4, -0.2) is 61.1 Å². The van der Waals surface area contributed by atoms with Gasteiger partial charge in [-0.25, -0.2) is 9.97 Å². The van der Waals surface area contributed by atoms with Gasteiger partial charge >= 0.3 is 0 Å². The van der Waals surface area contributed by atoms with Gasteiger partial charge in [0.2, 0.25) is 5.91 Å². The number of alkyl halides is 2. The molecule has 3 aromatic rings. The summed E-state index contributed by atoms with van der Waals surface area (Å²) in [6, 6.07) is 6.67. The molecule has 2 aromatic heterocycles. The first kappa shape index (κ1) is 17.9. The van der Waals surface area contributed by atoms with Crippen molar-refractivity contribution in [3.8, 4) is 0 Å². The normalized spacial score (nSPS) is 17.7. The van der Waals surface area contributed by atoms with Crippen LogP contribution in [0.25, 0.3) is 11.0 Å². The summed E-state index contributed by atoms with van der Waals surface area (Å²) >= 11 is 0.333. The number of carbonyl (C=O) groups excluding carboxylic acids is 1. The number of H-pyrrole nitrogens is 1. The highest BCUT2D eigenvalue weighted by Crippen LogP contribution is 2.29. The zero-order valence-corrected chi connectivity index (χ0v) is 14.9. The van der Waals surface area contributed by atoms with Crippen LogP contribution >= 0.6 is 11.8 Å². The summed E-state index contributed by atoms with van der Waals surface area (Å²) in [5.74, 6) is -2.32. The minimum absolute atomic E-state index is 0.0970. The average molecular weight is 394 g/mol. The first-order valence-corrected chi connectivity index (χ1v) is 9.14. The highest BCUT2D eigenvalue weighted by molar-refractivity contribution is 7.99. The van der Waals surface area contributed by atoms with Gasteiger partial charge in [-0.1, -0.05) is 12.1 Å². The van der Waals surface area contributed by atoms with Gasteiger partial charge in [0.05, 0.1) is 24.2 Å². The summed E-state index contributed by atoms with van der Waals surface area (Å²) in [6.07, 6.45) is 1.37. The molecule has 0 aliphatic carbocycles. The average Bonchev–Trinajstić information content (AvgIpc) is 3.30. The predicted molar refractivity (Wildman–Crippen MR) is 93.2 cm³/mol. The molecule has 142 valence electrons. The van der Waals surface area contributed by atoms with Crippen LogP contribution in [0.3, 0.4) is 0 Å². The number of aromatic amines is 1. The number of amides is 1. The maximum Gasteiger partial charge on any atom is 0.291 e. The fourth-order valence-corrected chi connectivity index (χ4v) is 3.71. The number of halogens is 2. The minimum atomic E-state index is -2.62. The third-order valence-electron chi connectivity index (χ3n) is 4.31. The van der Waals surface area contributed by atoms with Gasteiger partial charge in [0.25, 0.3) is 5.76 Å². The van der Waals surface area contributed by atoms with E-state index in [4.69, 9.17) is 4.74 Å². The Morgan fingerprint density at radius 2 is 2.26 bits per heavy atom. The van der Waals surface area contributed by atoms with E-state index in [0.29, 0.717) is 48.4 Å². The van der Waals surface area contributed by atoms with Crippen LogP contribution in [0, 0.1) is 0 Å². The number of carbonyl (C=O) groups is 1. The van der Waals surface area contributed by atoms with Gasteiger partial charge in [0.1, 0.15) is 24.7 Å². The number of fused-ring (bicyclic) bond motifs is 1. The number of nitrogens with zero attached hydrogens (tertiary/aromatic N) is 5. The van der Waals surface area contributed by atoms with Crippen LogP contribution in [-0.2, 0) is 16.1 Å². The molecular weight excluding hydrogens is 378 g/mol. The van der Waals surface area contributed by atoms with Gasteiger partial charge in [0.15, 0.2) is 5.16 Å². The molecule has 0 saturated carbocycles. The van der Waals surface area contributed by atoms with E-state index in [2.05, 4.69) is 20.2 Å². The zero-order valence-electron chi connectivity index (χ0n) is 14.1. The molecule has 1 saturated heterocycles. The Labute approximate surface area is 156 Å². The number of rotatable bonds is 5. The van der Waals surface area contributed by atoms with E-state index < -0.39 is 11.8 Å². The molecule has 11 heteroatoms. The molecule has 1 atom stereocenters. The van der Waals surface area contributed by atoms with Crippen molar-refractivity contribution < 1.29 is 18.3 Å². The van der Waals surface area contributed by atoms with Gasteiger partial charge in [-0.3, -0.25) is 9.89 Å². The second-order valence-corrected chi connectivity index (χ2v) is 6.85. The molecule has 0 spiro atoms. The van der Waals surface area contributed by atoms with E-state index in [9.17, 15) is 13.6 Å². The number of hydrogen-bond acceptors (Lipinski definition) is 6. The Balaban J connectivity index is 1.63. The molecule has 4 rings (SSSR count). The lowest BCUT2D eigenvalue weighted by Gasteiger charge is -2.34. The van der Waals surface area contributed by atoms with E-state index in [-0.39, 0.29) is 17.6 Å². The molecular formula is C16H16F2N6O2S. The number of morpholine rings is 1. The van der Waals surface area contributed by atoms with Gasteiger partial charge in [-0.2, -0.15) is 13.9 Å². The Morgan fingerprint density at radius 3 is 3.04 bits per heavy atom. The fourth-order valence-electron chi connectivity index (χ4n) is 3.11. The summed E-state index contributed by atoms with van der Waals surface area (Å²) < 4.78 is 32.9. The second kappa shape index (κ2) is 7.61. The van der Waals surface area contributed by atoms with Crippen LogP contribution in [0.1, 0.15) is 11.9 Å². The molecule has 1 aliphatic rings. The van der Waals surface area contributed by atoms with Gasteiger partial charge in [0, 0.05) is 6.54 Å². The number of imidazole rings is 1. The van der Waals surface area contributed by atoms with Crippen LogP contribution in [0.15, 0.2) is 35.7 Å². The van der Waals surface area contributed by atoms with Gasteiger partial charge in [-0.05, 0) is 23.9 Å². The van der Waals surface area contributed by atoms with Crippen molar-refractivity contribution in [2.75, 3.05) is 19.8 Å². The first-order chi connectivity index (χ1) is 13.1. The van der Waals surface area contributed by atoms with E-state index in [0.717, 1.165) is 0 Å². The van der Waals surface area contributed by atoms with Crippen LogP contribution < -0.4 is 0 Å². The van der Waals surface area contributed by atoms with E-state index in [1.165, 1.54) is 10.9 Å². The summed E-state index contributed by atoms with van der Waals surface area (Å²) in [6.45, 7) is 0.984. The number of benzene rings is 1. The number of aromatic nitrogens is 5. The summed E-state index contributed by atoms with van der Waals surface area (Å²) in [5.41, 5.74) is 1.21. The number of para-hydroxylation sites is 2. The summed E-state index contributed by atoms with van der Waals surface area (Å²) in [7, 11) is 0. The standard InChI is InChI=1S/C16H16F2N6O2S/c17-15(18)27-16-21-10-3-1-2-4-11(10)24(16)7-13(25)23-5-6-26-8-12(23)14-19-9-20-22-14/h1-4,9,12,15H,5-8H2,(H,19,20,22). The molecule has 1 unspecified atom stereocenters. The third-order valence-corrected chi connectivity index (χ3v) is 5.01. The summed E-state index contributed by atoms with van der Waals surface area (Å²) in [4.78, 5) is 23.0. The highest BCUT2D eigenvalue weighted by atomic mass is 32.2. The quantitative estimate of drug-likeness (QED) is 0.667. The number of thioether (sulfide) groups is 1. The maximum absolute atomic E-state index is 13.0. The molecule has 1 aliphatic heterocycles. The molecule has 3 heterocycles. The smallest absolute Gasteiger partial charge is 0.291 e. The number of nitrogens with one attached hydrogen (secondary N) is 1. The summed E-state index contributed by atoms with van der Waals surface area (Å²) in [5, 5.41) is 6.70. The first-order valence-electron chi connectivity index (χ1n) is 8.26. The Bertz CT molecular complexity index is 932. The SMILES string of the molecule is O=C(Cn1c(SC(F)F)nc2ccccc21)N1CCOCC1c1ncn[nH]1. The lowest BCUT2D eigenvalue weighted by atomic mass is 10.2. The van der Waals surface area contributed by atoms with E-state index in [1.54, 1.807) is 29.2 Å². The molecule has 8 nitrogen and oxygen atoms in total. The van der Waals surface area contributed by atoms with Gasteiger partial charge in [-0.15, -0.1) is 0 Å². The molecule has 1 N–H and O–H groups in total. The molecule has 0 bridgehead atoms.